The lowest BCUT2D eigenvalue weighted by Crippen LogP contribution is -1.92. The molecule has 3 N–H and O–H groups in total. The molecule has 0 aliphatic carbocycles. The molecule has 0 bridgehead atoms. The molecule has 0 amide bonds. The molecule has 5 heteroatoms. The summed E-state index contributed by atoms with van der Waals surface area (Å²) >= 11 is 0. The Morgan fingerprint density at radius 2 is 1.58 bits per heavy atom. The number of carbonyl (C=O) groups is 2. The molecule has 0 radical (unpaired) electrons. The Kier molecular flexibility index (Phi) is 7.47. The predicted molar refractivity (Wildman–Crippen MR) is 69.9 cm³/mol. The second-order valence-electron chi connectivity index (χ2n) is 3.48. The van der Waals surface area contributed by atoms with Crippen molar-refractivity contribution in [1.29, 1.82) is 0 Å². The first-order chi connectivity index (χ1) is 8.92. The molecule has 0 heterocycles. The Labute approximate surface area is 111 Å². The lowest BCUT2D eigenvalue weighted by Gasteiger charge is -2.06. The van der Waals surface area contributed by atoms with Crippen LogP contribution >= 0.6 is 0 Å². The van der Waals surface area contributed by atoms with Crippen LogP contribution in [-0.4, -0.2) is 27.3 Å². The zero-order valence-electron chi connectivity index (χ0n) is 10.8. The topological polar surface area (TPSA) is 94.8 Å². The highest BCUT2D eigenvalue weighted by molar-refractivity contribution is 5.96. The first-order valence-corrected chi connectivity index (χ1v) is 5.69. The van der Waals surface area contributed by atoms with Crippen LogP contribution < -0.4 is 0 Å². The standard InChI is InChI=1S/C10H14O.C4H2O4/c1-3-8-6-5-7-10(11)9(8)4-2;5-3(6)1-2-4(7)8/h5-7,11H,3-4H2,1-2H3;(H,5,6)(H,7,8). The number of carboxylic acids is 2. The molecule has 1 aromatic rings. The third-order valence-electron chi connectivity index (χ3n) is 2.26. The molecule has 0 aromatic heterocycles. The fraction of sp³-hybridized carbons (Fsp3) is 0.286. The number of carboxylic acid groups (broad SMARTS) is 2. The van der Waals surface area contributed by atoms with Crippen molar-refractivity contribution >= 4 is 11.9 Å². The molecule has 1 rings (SSSR count). The average molecular weight is 264 g/mol. The van der Waals surface area contributed by atoms with Gasteiger partial charge in [-0.05, 0) is 30.0 Å². The van der Waals surface area contributed by atoms with Crippen LogP contribution in [-0.2, 0) is 22.4 Å². The van der Waals surface area contributed by atoms with E-state index in [0.29, 0.717) is 5.75 Å². The van der Waals surface area contributed by atoms with E-state index < -0.39 is 11.9 Å². The molecule has 0 aliphatic heterocycles. The van der Waals surface area contributed by atoms with Gasteiger partial charge >= 0.3 is 11.9 Å². The van der Waals surface area contributed by atoms with Gasteiger partial charge in [-0.15, -0.1) is 0 Å². The predicted octanol–water partition coefficient (Wildman–Crippen LogP) is 1.68. The van der Waals surface area contributed by atoms with Crippen molar-refractivity contribution in [3.8, 4) is 17.6 Å². The van der Waals surface area contributed by atoms with Crippen LogP contribution in [0.1, 0.15) is 25.0 Å². The Morgan fingerprint density at radius 1 is 1.05 bits per heavy atom. The van der Waals surface area contributed by atoms with Crippen LogP contribution in [0.4, 0.5) is 0 Å². The van der Waals surface area contributed by atoms with Crippen molar-refractivity contribution in [3.05, 3.63) is 29.3 Å². The zero-order valence-corrected chi connectivity index (χ0v) is 10.8. The molecule has 102 valence electrons. The first kappa shape index (κ1) is 16.5. The van der Waals surface area contributed by atoms with Gasteiger partial charge in [0.2, 0.25) is 0 Å². The Bertz CT molecular complexity index is 490. The molecule has 5 nitrogen and oxygen atoms in total. The molecule has 1 aromatic carbocycles. The molecule has 0 saturated heterocycles. The molecule has 0 aliphatic rings. The minimum atomic E-state index is -1.44. The van der Waals surface area contributed by atoms with Crippen LogP contribution in [0.2, 0.25) is 0 Å². The first-order valence-electron chi connectivity index (χ1n) is 5.69. The van der Waals surface area contributed by atoms with Crippen molar-refractivity contribution < 1.29 is 24.9 Å². The van der Waals surface area contributed by atoms with Gasteiger partial charge in [0.05, 0.1) is 0 Å². The molecule has 0 fully saturated rings. The number of rotatable bonds is 2. The van der Waals surface area contributed by atoms with Gasteiger partial charge in [0.1, 0.15) is 5.75 Å². The number of aliphatic carboxylic acids is 2. The van der Waals surface area contributed by atoms with Gasteiger partial charge in [0.15, 0.2) is 0 Å². The van der Waals surface area contributed by atoms with Crippen LogP contribution in [0.15, 0.2) is 18.2 Å². The summed E-state index contributed by atoms with van der Waals surface area (Å²) in [6, 6.07) is 5.71. The lowest BCUT2D eigenvalue weighted by atomic mass is 10.0. The SMILES string of the molecule is CCc1cccc(O)c1CC.O=C(O)C#CC(=O)O. The minimum Gasteiger partial charge on any atom is -0.508 e. The van der Waals surface area contributed by atoms with Gasteiger partial charge in [0.25, 0.3) is 0 Å². The minimum absolute atomic E-state index is 0.437. The number of phenolic OH excluding ortho intramolecular Hbond substituents is 1. The Morgan fingerprint density at radius 3 is 1.89 bits per heavy atom. The van der Waals surface area contributed by atoms with Gasteiger partial charge in [-0.25, -0.2) is 9.59 Å². The zero-order chi connectivity index (χ0) is 14.8. The second kappa shape index (κ2) is 8.59. The van der Waals surface area contributed by atoms with Crippen molar-refractivity contribution in [2.45, 2.75) is 26.7 Å². The summed E-state index contributed by atoms with van der Waals surface area (Å²) in [7, 11) is 0. The van der Waals surface area contributed by atoms with Gasteiger partial charge in [-0.1, -0.05) is 26.0 Å². The van der Waals surface area contributed by atoms with E-state index in [4.69, 9.17) is 10.2 Å². The summed E-state index contributed by atoms with van der Waals surface area (Å²) in [4.78, 5) is 18.9. The van der Waals surface area contributed by atoms with E-state index in [2.05, 4.69) is 19.9 Å². The second-order valence-corrected chi connectivity index (χ2v) is 3.48. The summed E-state index contributed by atoms with van der Waals surface area (Å²) in [6.45, 7) is 4.17. The van der Waals surface area contributed by atoms with E-state index >= 15 is 0 Å². The number of phenols is 1. The molecule has 19 heavy (non-hydrogen) atoms. The number of hydrogen-bond donors (Lipinski definition) is 3. The fourth-order valence-corrected chi connectivity index (χ4v) is 1.47. The molecule has 0 atom stereocenters. The summed E-state index contributed by atoms with van der Waals surface area (Å²) in [5, 5.41) is 24.9. The van der Waals surface area contributed by atoms with Gasteiger partial charge < -0.3 is 15.3 Å². The van der Waals surface area contributed by atoms with Crippen molar-refractivity contribution in [3.63, 3.8) is 0 Å². The number of benzene rings is 1. The lowest BCUT2D eigenvalue weighted by molar-refractivity contribution is -0.132. The largest absolute Gasteiger partial charge is 0.508 e. The van der Waals surface area contributed by atoms with E-state index in [1.807, 2.05) is 6.07 Å². The third kappa shape index (κ3) is 6.74. The number of aryl methyl sites for hydroxylation is 1. The molecular weight excluding hydrogens is 248 g/mol. The highest BCUT2D eigenvalue weighted by Crippen LogP contribution is 2.21. The quantitative estimate of drug-likeness (QED) is 0.706. The summed E-state index contributed by atoms with van der Waals surface area (Å²) in [5.74, 6) is 0.386. The Hall–Kier alpha value is -2.48. The summed E-state index contributed by atoms with van der Waals surface area (Å²) < 4.78 is 0. The van der Waals surface area contributed by atoms with Gasteiger partial charge in [-0.3, -0.25) is 0 Å². The molecular formula is C14H16O5. The van der Waals surface area contributed by atoms with E-state index in [0.717, 1.165) is 18.4 Å². The van der Waals surface area contributed by atoms with E-state index in [-0.39, 0.29) is 0 Å². The monoisotopic (exact) mass is 264 g/mol. The van der Waals surface area contributed by atoms with Crippen molar-refractivity contribution in [1.82, 2.24) is 0 Å². The average Bonchev–Trinajstić information content (AvgIpc) is 2.36. The van der Waals surface area contributed by atoms with Crippen LogP contribution in [0.25, 0.3) is 0 Å². The number of aromatic hydroxyl groups is 1. The van der Waals surface area contributed by atoms with Crippen LogP contribution in [0.5, 0.6) is 5.75 Å². The molecule has 0 spiro atoms. The maximum atomic E-state index is 9.47. The number of hydrogen-bond acceptors (Lipinski definition) is 3. The van der Waals surface area contributed by atoms with Gasteiger partial charge in [-0.2, -0.15) is 0 Å². The maximum Gasteiger partial charge on any atom is 0.382 e. The van der Waals surface area contributed by atoms with Crippen molar-refractivity contribution in [2.75, 3.05) is 0 Å². The van der Waals surface area contributed by atoms with Crippen molar-refractivity contribution in [2.24, 2.45) is 0 Å². The highest BCUT2D eigenvalue weighted by Gasteiger charge is 2.02. The normalized spacial score (nSPS) is 8.53. The summed E-state index contributed by atoms with van der Waals surface area (Å²) in [5.41, 5.74) is 2.35. The third-order valence-corrected chi connectivity index (χ3v) is 2.26. The summed E-state index contributed by atoms with van der Waals surface area (Å²) in [6.07, 6.45) is 1.91. The molecule has 0 saturated carbocycles. The van der Waals surface area contributed by atoms with E-state index in [9.17, 15) is 14.7 Å². The smallest absolute Gasteiger partial charge is 0.382 e. The molecule has 0 unspecified atom stereocenters. The van der Waals surface area contributed by atoms with Crippen LogP contribution in [0.3, 0.4) is 0 Å². The maximum absolute atomic E-state index is 9.47. The van der Waals surface area contributed by atoms with Gasteiger partial charge in [0, 0.05) is 11.8 Å². The van der Waals surface area contributed by atoms with E-state index in [1.54, 1.807) is 6.07 Å². The highest BCUT2D eigenvalue weighted by atomic mass is 16.4. The van der Waals surface area contributed by atoms with E-state index in [1.165, 1.54) is 17.4 Å². The fourth-order valence-electron chi connectivity index (χ4n) is 1.47. The Balaban J connectivity index is 0.000000362. The van der Waals surface area contributed by atoms with Crippen LogP contribution in [0, 0.1) is 11.8 Å².